The third-order valence-electron chi connectivity index (χ3n) is 2.95. The molecule has 0 spiro atoms. The fraction of sp³-hybridized carbons (Fsp3) is 0.357. The number of hydrogen-bond acceptors (Lipinski definition) is 1. The van der Waals surface area contributed by atoms with Crippen molar-refractivity contribution in [2.75, 3.05) is 0 Å². The van der Waals surface area contributed by atoms with Crippen molar-refractivity contribution in [2.45, 2.75) is 34.1 Å². The van der Waals surface area contributed by atoms with E-state index in [9.17, 15) is 4.79 Å². The molecule has 3 heteroatoms. The van der Waals surface area contributed by atoms with Crippen LogP contribution in [0.25, 0.3) is 5.03 Å². The molecule has 2 nitrogen and oxygen atoms in total. The van der Waals surface area contributed by atoms with Gasteiger partial charge in [-0.1, -0.05) is 23.7 Å². The zero-order valence-corrected chi connectivity index (χ0v) is 11.4. The Balaban J connectivity index is 3.48. The number of carbonyl (C=O) groups is 1. The first kappa shape index (κ1) is 13.8. The molecule has 0 saturated carbocycles. The van der Waals surface area contributed by atoms with Gasteiger partial charge in [-0.05, 0) is 55.5 Å². The van der Waals surface area contributed by atoms with Gasteiger partial charge in [0.25, 0.3) is 0 Å². The highest BCUT2D eigenvalue weighted by molar-refractivity contribution is 6.49. The average Bonchev–Trinajstić information content (AvgIpc) is 2.23. The normalized spacial score (nSPS) is 11.7. The second-order valence-corrected chi connectivity index (χ2v) is 4.60. The molecule has 0 radical (unpaired) electrons. The predicted molar refractivity (Wildman–Crippen MR) is 71.5 cm³/mol. The highest BCUT2D eigenvalue weighted by atomic mass is 35.5. The Kier molecular flexibility index (Phi) is 4.35. The SMILES string of the molecule is C/C=C(/Cl)c1c(C)cc(C)c(CC(=O)O)c1C. The van der Waals surface area contributed by atoms with Gasteiger partial charge in [0, 0.05) is 5.03 Å². The molecule has 0 fully saturated rings. The van der Waals surface area contributed by atoms with E-state index in [1.54, 1.807) is 0 Å². The predicted octanol–water partition coefficient (Wildman–Crippen LogP) is 3.84. The van der Waals surface area contributed by atoms with Gasteiger partial charge in [-0.2, -0.15) is 0 Å². The van der Waals surface area contributed by atoms with Gasteiger partial charge in [-0.3, -0.25) is 4.79 Å². The molecule has 1 aromatic carbocycles. The Morgan fingerprint density at radius 2 is 1.94 bits per heavy atom. The first-order valence-electron chi connectivity index (χ1n) is 5.52. The molecular formula is C14H17ClO2. The number of halogens is 1. The molecule has 0 atom stereocenters. The Morgan fingerprint density at radius 3 is 2.41 bits per heavy atom. The molecule has 0 amide bonds. The van der Waals surface area contributed by atoms with Crippen molar-refractivity contribution in [3.05, 3.63) is 40.0 Å². The Labute approximate surface area is 107 Å². The van der Waals surface area contributed by atoms with Crippen molar-refractivity contribution in [3.63, 3.8) is 0 Å². The van der Waals surface area contributed by atoms with Crippen molar-refractivity contribution in [3.8, 4) is 0 Å². The summed E-state index contributed by atoms with van der Waals surface area (Å²) in [5.74, 6) is -0.817. The van der Waals surface area contributed by atoms with E-state index < -0.39 is 5.97 Å². The van der Waals surface area contributed by atoms with E-state index in [0.717, 1.165) is 27.8 Å². The van der Waals surface area contributed by atoms with Crippen LogP contribution in [0.4, 0.5) is 0 Å². The molecule has 92 valence electrons. The molecule has 17 heavy (non-hydrogen) atoms. The van der Waals surface area contributed by atoms with E-state index in [4.69, 9.17) is 16.7 Å². The molecule has 0 bridgehead atoms. The van der Waals surface area contributed by atoms with Gasteiger partial charge in [0.1, 0.15) is 0 Å². The van der Waals surface area contributed by atoms with Crippen molar-refractivity contribution >= 4 is 22.6 Å². The van der Waals surface area contributed by atoms with Crippen LogP contribution in [0, 0.1) is 20.8 Å². The second kappa shape index (κ2) is 5.37. The van der Waals surface area contributed by atoms with E-state index in [1.165, 1.54) is 0 Å². The molecule has 0 aromatic heterocycles. The van der Waals surface area contributed by atoms with Gasteiger partial charge < -0.3 is 5.11 Å². The topological polar surface area (TPSA) is 37.3 Å². The number of aliphatic carboxylic acids is 1. The maximum atomic E-state index is 10.9. The summed E-state index contributed by atoms with van der Waals surface area (Å²) < 4.78 is 0. The van der Waals surface area contributed by atoms with Crippen molar-refractivity contribution in [1.82, 2.24) is 0 Å². The molecule has 1 rings (SSSR count). The number of rotatable bonds is 3. The lowest BCUT2D eigenvalue weighted by Crippen LogP contribution is -2.07. The minimum atomic E-state index is -0.817. The van der Waals surface area contributed by atoms with Gasteiger partial charge >= 0.3 is 5.97 Å². The number of allylic oxidation sites excluding steroid dienone is 1. The average molecular weight is 253 g/mol. The van der Waals surface area contributed by atoms with E-state index in [-0.39, 0.29) is 6.42 Å². The fourth-order valence-corrected chi connectivity index (χ4v) is 2.45. The van der Waals surface area contributed by atoms with Crippen LogP contribution in [0.15, 0.2) is 12.1 Å². The molecular weight excluding hydrogens is 236 g/mol. The van der Waals surface area contributed by atoms with Crippen LogP contribution in [-0.2, 0) is 11.2 Å². The molecule has 0 aliphatic rings. The van der Waals surface area contributed by atoms with Crippen LogP contribution in [0.5, 0.6) is 0 Å². The summed E-state index contributed by atoms with van der Waals surface area (Å²) in [5.41, 5.74) is 4.87. The zero-order chi connectivity index (χ0) is 13.2. The number of hydrogen-bond donors (Lipinski definition) is 1. The monoisotopic (exact) mass is 252 g/mol. The van der Waals surface area contributed by atoms with Crippen molar-refractivity contribution in [1.29, 1.82) is 0 Å². The zero-order valence-electron chi connectivity index (χ0n) is 10.6. The maximum Gasteiger partial charge on any atom is 0.307 e. The van der Waals surface area contributed by atoms with Gasteiger partial charge in [0.2, 0.25) is 0 Å². The molecule has 0 unspecified atom stereocenters. The standard InChI is InChI=1S/C14H17ClO2/c1-5-12(15)14-9(3)6-8(2)11(10(14)4)7-13(16)17/h5-6H,7H2,1-4H3,(H,16,17)/b12-5+. The van der Waals surface area contributed by atoms with E-state index in [0.29, 0.717) is 5.03 Å². The lowest BCUT2D eigenvalue weighted by atomic mass is 9.91. The van der Waals surface area contributed by atoms with Gasteiger partial charge in [0.05, 0.1) is 6.42 Å². The summed E-state index contributed by atoms with van der Waals surface area (Å²) >= 11 is 6.18. The Bertz CT molecular complexity index is 487. The molecule has 1 aromatic rings. The first-order chi connectivity index (χ1) is 7.88. The minimum Gasteiger partial charge on any atom is -0.481 e. The quantitative estimate of drug-likeness (QED) is 0.888. The smallest absolute Gasteiger partial charge is 0.307 e. The number of benzene rings is 1. The van der Waals surface area contributed by atoms with Crippen LogP contribution in [0.3, 0.4) is 0 Å². The highest BCUT2D eigenvalue weighted by Gasteiger charge is 2.14. The lowest BCUT2D eigenvalue weighted by Gasteiger charge is -2.15. The third-order valence-corrected chi connectivity index (χ3v) is 3.36. The lowest BCUT2D eigenvalue weighted by molar-refractivity contribution is -0.136. The second-order valence-electron chi connectivity index (χ2n) is 4.20. The van der Waals surface area contributed by atoms with Gasteiger partial charge in [-0.25, -0.2) is 0 Å². The van der Waals surface area contributed by atoms with E-state index in [1.807, 2.05) is 39.8 Å². The highest BCUT2D eigenvalue weighted by Crippen LogP contribution is 2.30. The van der Waals surface area contributed by atoms with Crippen LogP contribution >= 0.6 is 11.6 Å². The molecule has 0 saturated heterocycles. The number of aryl methyl sites for hydroxylation is 2. The van der Waals surface area contributed by atoms with E-state index in [2.05, 4.69) is 0 Å². The molecule has 0 heterocycles. The number of carboxylic acids is 1. The fourth-order valence-electron chi connectivity index (χ4n) is 2.16. The number of carboxylic acid groups (broad SMARTS) is 1. The Hall–Kier alpha value is -1.28. The first-order valence-corrected chi connectivity index (χ1v) is 5.90. The molecule has 1 N–H and O–H groups in total. The van der Waals surface area contributed by atoms with E-state index >= 15 is 0 Å². The van der Waals surface area contributed by atoms with Gasteiger partial charge in [0.15, 0.2) is 0 Å². The van der Waals surface area contributed by atoms with Crippen LogP contribution in [-0.4, -0.2) is 11.1 Å². The summed E-state index contributed by atoms with van der Waals surface area (Å²) in [6.45, 7) is 7.73. The van der Waals surface area contributed by atoms with Crippen LogP contribution in [0.1, 0.15) is 34.7 Å². The Morgan fingerprint density at radius 1 is 1.35 bits per heavy atom. The van der Waals surface area contributed by atoms with Crippen LogP contribution in [0.2, 0.25) is 0 Å². The maximum absolute atomic E-state index is 10.9. The van der Waals surface area contributed by atoms with Crippen molar-refractivity contribution < 1.29 is 9.90 Å². The third kappa shape index (κ3) is 2.89. The minimum absolute atomic E-state index is 0.0405. The molecule has 0 aliphatic carbocycles. The van der Waals surface area contributed by atoms with Gasteiger partial charge in [-0.15, -0.1) is 0 Å². The summed E-state index contributed by atoms with van der Waals surface area (Å²) in [5, 5.41) is 9.60. The van der Waals surface area contributed by atoms with Crippen LogP contribution < -0.4 is 0 Å². The summed E-state index contributed by atoms with van der Waals surface area (Å²) in [4.78, 5) is 10.9. The summed E-state index contributed by atoms with van der Waals surface area (Å²) in [7, 11) is 0. The molecule has 0 aliphatic heterocycles. The summed E-state index contributed by atoms with van der Waals surface area (Å²) in [6, 6.07) is 1.99. The van der Waals surface area contributed by atoms with Crippen molar-refractivity contribution in [2.24, 2.45) is 0 Å². The summed E-state index contributed by atoms with van der Waals surface area (Å²) in [6.07, 6.45) is 1.87. The largest absolute Gasteiger partial charge is 0.481 e.